The molecule has 9 saturated heterocycles. The molecule has 0 aromatic rings. The van der Waals surface area contributed by atoms with Gasteiger partial charge in [-0.05, 0) is 180 Å². The molecule has 0 unspecified atom stereocenters. The second-order valence-corrected chi connectivity index (χ2v) is 50.4. The second kappa shape index (κ2) is 47.0. The third-order valence-electron chi connectivity index (χ3n) is 23.5. The molecule has 115 heavy (non-hydrogen) atoms. The fraction of sp³-hybridized carbons (Fsp3) is 1.00. The van der Waals surface area contributed by atoms with Crippen molar-refractivity contribution < 1.29 is 18.9 Å². The zero-order valence-corrected chi connectivity index (χ0v) is 84.0. The van der Waals surface area contributed by atoms with Crippen LogP contribution in [0, 0.1) is 43.8 Å². The van der Waals surface area contributed by atoms with Gasteiger partial charge in [0.15, 0.2) is 0 Å². The van der Waals surface area contributed by atoms with Crippen molar-refractivity contribution in [3.8, 4) is 0 Å². The second-order valence-electron chi connectivity index (χ2n) is 50.4. The summed E-state index contributed by atoms with van der Waals surface area (Å²) in [4.78, 5) is 36.5. The molecule has 0 N–H and O–H groups in total. The van der Waals surface area contributed by atoms with Gasteiger partial charge < -0.3 is 23.8 Å². The van der Waals surface area contributed by atoms with Gasteiger partial charge in [-0.3, -0.25) is 63.7 Å². The molecule has 684 valence electrons. The average molecular weight is 1630 g/mol. The SMILES string of the molecule is CC(C)(C)CC1CCN(C2CN(CC(C)(C)C)C2)CC1.CC(C)(C)CN1CC(N2CCN(C(C)(C)C)CC2)C1.CC(C)(C)CN1CCN(C2CN(CC(C)(C)C)C2)CC1.CC(C)(C)COCCN1CCN(C(C)(C)C)CC1.CC(C)(C)COCCN1CCN(CCOC(C)(C)C)CC1.CC(C)(C)OCCN1CCN(C(C)(C)C)CC1. The Morgan fingerprint density at radius 3 is 0.696 bits per heavy atom. The molecule has 18 nitrogen and oxygen atoms in total. The number of likely N-dealkylation sites (tertiary alicyclic amines) is 4. The Morgan fingerprint density at radius 1 is 0.226 bits per heavy atom. The van der Waals surface area contributed by atoms with Gasteiger partial charge >= 0.3 is 0 Å². The van der Waals surface area contributed by atoms with Crippen LogP contribution in [-0.4, -0.2) is 390 Å². The van der Waals surface area contributed by atoms with Gasteiger partial charge in [0.2, 0.25) is 0 Å². The highest BCUT2D eigenvalue weighted by Gasteiger charge is 2.40. The third-order valence-corrected chi connectivity index (χ3v) is 23.5. The minimum absolute atomic E-state index is 0.00671. The van der Waals surface area contributed by atoms with Gasteiger partial charge in [0.05, 0.1) is 50.8 Å². The minimum Gasteiger partial charge on any atom is -0.380 e. The van der Waals surface area contributed by atoms with Crippen LogP contribution in [0.1, 0.15) is 269 Å². The molecule has 9 fully saturated rings. The van der Waals surface area contributed by atoms with Gasteiger partial charge in [-0.1, -0.05) is 145 Å². The fourth-order valence-electron chi connectivity index (χ4n) is 17.5. The Labute approximate surface area is 717 Å². The molecule has 0 radical (unpaired) electrons. The Hall–Kier alpha value is -0.720. The number of piperazine rings is 5. The number of nitrogens with zero attached hydrogens (tertiary/aromatic N) is 14. The molecule has 18 heteroatoms. The molecule has 0 aromatic heterocycles. The maximum absolute atomic E-state index is 5.79. The van der Waals surface area contributed by atoms with Crippen molar-refractivity contribution in [2.75, 3.05) is 275 Å². The topological polar surface area (TPSA) is 82.3 Å². The van der Waals surface area contributed by atoms with Crippen LogP contribution in [0.15, 0.2) is 0 Å². The molecule has 9 aliphatic heterocycles. The number of hydrogen-bond donors (Lipinski definition) is 0. The highest BCUT2D eigenvalue weighted by Crippen LogP contribution is 2.34. The molecule has 0 amide bonds. The van der Waals surface area contributed by atoms with E-state index in [0.717, 1.165) is 116 Å². The van der Waals surface area contributed by atoms with E-state index in [4.69, 9.17) is 18.9 Å². The quantitative estimate of drug-likeness (QED) is 0.0964. The lowest BCUT2D eigenvalue weighted by molar-refractivity contribution is -0.0234. The first-order valence-corrected chi connectivity index (χ1v) is 47.1. The summed E-state index contributed by atoms with van der Waals surface area (Å²) in [6, 6.07) is 2.51. The van der Waals surface area contributed by atoms with Crippen molar-refractivity contribution in [1.29, 1.82) is 0 Å². The minimum atomic E-state index is -0.0216. The van der Waals surface area contributed by atoms with Crippen molar-refractivity contribution in [2.45, 2.75) is 314 Å². The fourth-order valence-corrected chi connectivity index (χ4v) is 17.5. The molecule has 9 rings (SSSR count). The molecule has 0 atom stereocenters. The summed E-state index contributed by atoms with van der Waals surface area (Å²) in [5, 5.41) is 0. The Morgan fingerprint density at radius 2 is 0.452 bits per heavy atom. The summed E-state index contributed by atoms with van der Waals surface area (Å²) in [6.45, 7) is 131. The zero-order valence-electron chi connectivity index (χ0n) is 84.0. The lowest BCUT2D eigenvalue weighted by atomic mass is 9.80. The van der Waals surface area contributed by atoms with E-state index >= 15 is 0 Å². The van der Waals surface area contributed by atoms with E-state index in [2.05, 4.69) is 318 Å². The molecular weight excluding hydrogens is 1430 g/mol. The zero-order chi connectivity index (χ0) is 87.0. The summed E-state index contributed by atoms with van der Waals surface area (Å²) in [7, 11) is 0. The van der Waals surface area contributed by atoms with Crippen LogP contribution in [0.4, 0.5) is 0 Å². The predicted octanol–water partition coefficient (Wildman–Crippen LogP) is 15.5. The molecule has 9 aliphatic rings. The standard InChI is InChI=1S/C18H36N2.C17H35N3.C17H36N2O2.C16H33N3.C15H32N2O.C14H30N2O/c1-17(2,3)11-15-7-9-20(10-8-15)16-12-19(13-16)14-18(4,5)6;1-16(2,3)13-18-7-9-20(10-8-18)15-11-19(12-15)14-17(4,5)6;1-16(2,3)15-20-13-11-18-7-9-19(10-8-18)12-14-21-17(4,5)6;1-15(2,3)13-17-11-14(12-17)18-7-9-19(10-8-18)16(4,5)6;1-14(2,3)13-18-12-11-16-7-9-17(10-8-16)15(4,5)6;1-13(2,3)16-9-7-15(8-10-16)11-12-17-14(4,5)6/h15-16H,7-14H2,1-6H3;15H,7-14H2,1-6H3;7-15H2,1-6H3;14H,7-13H2,1-6H3;7-13H2,1-6H3;7-12H2,1-6H3. The van der Waals surface area contributed by atoms with E-state index in [1.54, 1.807) is 0 Å². The highest BCUT2D eigenvalue weighted by molar-refractivity contribution is 4.96. The predicted molar refractivity (Wildman–Crippen MR) is 498 cm³/mol. The van der Waals surface area contributed by atoms with Crippen LogP contribution in [0.2, 0.25) is 0 Å². The number of piperidine rings is 1. The Kier molecular flexibility index (Phi) is 43.6. The first-order valence-electron chi connectivity index (χ1n) is 47.1. The van der Waals surface area contributed by atoms with Gasteiger partial charge in [-0.2, -0.15) is 0 Å². The average Bonchev–Trinajstić information content (AvgIpc) is 0.832. The van der Waals surface area contributed by atoms with Crippen molar-refractivity contribution in [1.82, 2.24) is 68.6 Å². The van der Waals surface area contributed by atoms with Crippen LogP contribution >= 0.6 is 0 Å². The maximum Gasteiger partial charge on any atom is 0.0600 e. The summed E-state index contributed by atoms with van der Waals surface area (Å²) in [5.74, 6) is 0.969. The molecule has 0 bridgehead atoms. The number of rotatable bonds is 22. The summed E-state index contributed by atoms with van der Waals surface area (Å²) >= 11 is 0. The molecule has 0 spiro atoms. The molecule has 0 aromatic carbocycles. The monoisotopic (exact) mass is 1630 g/mol. The smallest absolute Gasteiger partial charge is 0.0600 e. The molecule has 9 heterocycles. The van der Waals surface area contributed by atoms with Crippen LogP contribution in [0.5, 0.6) is 0 Å². The Balaban J connectivity index is 0.000000291. The lowest BCUT2D eigenvalue weighted by Crippen LogP contribution is -2.65. The highest BCUT2D eigenvalue weighted by atomic mass is 16.5. The molecule has 0 saturated carbocycles. The van der Waals surface area contributed by atoms with Crippen LogP contribution in [0.25, 0.3) is 0 Å². The van der Waals surface area contributed by atoms with E-state index in [0.29, 0.717) is 43.7 Å². The molecule has 0 aliphatic carbocycles. The van der Waals surface area contributed by atoms with Crippen molar-refractivity contribution in [2.24, 2.45) is 43.8 Å². The Bertz CT molecular complexity index is 2450. The summed E-state index contributed by atoms with van der Waals surface area (Å²) < 4.78 is 23.1. The maximum atomic E-state index is 5.79. The van der Waals surface area contributed by atoms with Gasteiger partial charge in [0.1, 0.15) is 0 Å². The summed E-state index contributed by atoms with van der Waals surface area (Å²) in [6.07, 6.45) is 4.25. The van der Waals surface area contributed by atoms with E-state index in [1.165, 1.54) is 203 Å². The van der Waals surface area contributed by atoms with E-state index in [1.807, 2.05) is 0 Å². The molecular formula is C97H202N14O4. The first-order chi connectivity index (χ1) is 52.4. The van der Waals surface area contributed by atoms with Crippen molar-refractivity contribution >= 4 is 0 Å². The normalized spacial score (nSPS) is 22.6. The van der Waals surface area contributed by atoms with E-state index in [-0.39, 0.29) is 22.0 Å². The first kappa shape index (κ1) is 107. The van der Waals surface area contributed by atoms with Gasteiger partial charge in [0, 0.05) is 257 Å². The van der Waals surface area contributed by atoms with Crippen LogP contribution in [-0.2, 0) is 18.9 Å². The number of hydrogen-bond acceptors (Lipinski definition) is 18. The van der Waals surface area contributed by atoms with Crippen LogP contribution < -0.4 is 0 Å². The van der Waals surface area contributed by atoms with Crippen LogP contribution in [0.3, 0.4) is 0 Å². The van der Waals surface area contributed by atoms with Gasteiger partial charge in [0.25, 0.3) is 0 Å². The van der Waals surface area contributed by atoms with E-state index in [9.17, 15) is 0 Å². The van der Waals surface area contributed by atoms with Gasteiger partial charge in [-0.25, -0.2) is 0 Å². The van der Waals surface area contributed by atoms with Crippen molar-refractivity contribution in [3.63, 3.8) is 0 Å². The van der Waals surface area contributed by atoms with Gasteiger partial charge in [-0.15, -0.1) is 0 Å². The largest absolute Gasteiger partial charge is 0.380 e. The third kappa shape index (κ3) is 49.5. The summed E-state index contributed by atoms with van der Waals surface area (Å²) in [5.41, 5.74) is 3.76. The van der Waals surface area contributed by atoms with E-state index < -0.39 is 0 Å². The lowest BCUT2D eigenvalue weighted by Gasteiger charge is -2.51. The number of ether oxygens (including phenoxy) is 4. The van der Waals surface area contributed by atoms with Crippen molar-refractivity contribution in [3.05, 3.63) is 0 Å².